The standard InChI is InChI=1S/C10H24N9OP3/c11-8(6-9(12,13)14)10(15,16)23-18-21-17-22-19(23)20-7-4-2-1-3-5-7/h1-5,8,17-18,21-22H,6,11-16H2. The van der Waals surface area contributed by atoms with Gasteiger partial charge in [0.15, 0.2) is 0 Å². The highest BCUT2D eigenvalue weighted by Gasteiger charge is 2.45. The van der Waals surface area contributed by atoms with Crippen LogP contribution in [0.5, 0.6) is 5.75 Å². The third-order valence-corrected chi connectivity index (χ3v) is 7.96. The second-order valence-corrected chi connectivity index (χ2v) is 10.2. The number of hydrogen-bond acceptors (Lipinski definition) is 10. The van der Waals surface area contributed by atoms with Crippen LogP contribution in [0.15, 0.2) is 30.3 Å². The van der Waals surface area contributed by atoms with Crippen LogP contribution in [0.3, 0.4) is 0 Å². The highest BCUT2D eigenvalue weighted by molar-refractivity contribution is 7.73. The molecule has 4 atom stereocenters. The third kappa shape index (κ3) is 5.47. The lowest BCUT2D eigenvalue weighted by Crippen LogP contribution is -2.69. The molecule has 130 valence electrons. The van der Waals surface area contributed by atoms with E-state index in [1.165, 1.54) is 0 Å². The van der Waals surface area contributed by atoms with E-state index in [2.05, 4.69) is 9.72 Å². The van der Waals surface area contributed by atoms with E-state index < -0.39 is 25.5 Å². The molecule has 0 aliphatic carbocycles. The van der Waals surface area contributed by atoms with Crippen molar-refractivity contribution in [2.75, 3.05) is 0 Å². The maximum absolute atomic E-state index is 6.30. The molecule has 23 heavy (non-hydrogen) atoms. The molecule has 1 fully saturated rings. The Hall–Kier alpha value is -0.0500. The Kier molecular flexibility index (Phi) is 6.61. The van der Waals surface area contributed by atoms with Gasteiger partial charge in [-0.15, -0.1) is 0 Å². The van der Waals surface area contributed by atoms with Gasteiger partial charge in [0.05, 0.1) is 8.88 Å². The van der Waals surface area contributed by atoms with E-state index in [4.69, 9.17) is 39.2 Å². The van der Waals surface area contributed by atoms with Crippen molar-refractivity contribution in [3.8, 4) is 5.75 Å². The summed E-state index contributed by atoms with van der Waals surface area (Å²) in [6.45, 7) is 0. The summed E-state index contributed by atoms with van der Waals surface area (Å²) in [4.78, 5) is 12.3. The van der Waals surface area contributed by atoms with Crippen LogP contribution < -0.4 is 49.0 Å². The molecule has 13 heteroatoms. The van der Waals surface area contributed by atoms with E-state index in [0.29, 0.717) is 14.6 Å². The van der Waals surface area contributed by atoms with Gasteiger partial charge in [0, 0.05) is 21.3 Å². The highest BCUT2D eigenvalue weighted by Crippen LogP contribution is 2.56. The molecule has 0 radical (unpaired) electrons. The normalized spacial score (nSPS) is 24.0. The van der Waals surface area contributed by atoms with Crippen molar-refractivity contribution < 1.29 is 4.84 Å². The van der Waals surface area contributed by atoms with Crippen molar-refractivity contribution in [2.45, 2.75) is 23.7 Å². The minimum atomic E-state index is -1.44. The molecule has 1 aromatic rings. The van der Waals surface area contributed by atoms with Gasteiger partial charge in [-0.25, -0.2) is 4.86 Å². The number of para-hydroxylation sites is 1. The summed E-state index contributed by atoms with van der Waals surface area (Å²) >= 11 is 0. The molecule has 14 N–H and O–H groups in total. The summed E-state index contributed by atoms with van der Waals surface area (Å²) < 4.78 is 1.69. The van der Waals surface area contributed by atoms with Gasteiger partial charge in [-0.1, -0.05) is 22.8 Å². The molecule has 2 rings (SSSR count). The fraction of sp³-hybridized carbons (Fsp3) is 0.400. The Balaban J connectivity index is 2.12. The summed E-state index contributed by atoms with van der Waals surface area (Å²) in [5, 5.41) is -1.30. The lowest BCUT2D eigenvalue weighted by Gasteiger charge is -2.45. The van der Waals surface area contributed by atoms with Gasteiger partial charge in [0.2, 0.25) is 0 Å². The maximum Gasteiger partial charge on any atom is 0.148 e. The van der Waals surface area contributed by atoms with Crippen LogP contribution in [0.25, 0.3) is 0 Å². The van der Waals surface area contributed by atoms with Crippen molar-refractivity contribution in [3.63, 3.8) is 0 Å². The van der Waals surface area contributed by atoms with Gasteiger partial charge in [-0.05, 0) is 12.1 Å². The van der Waals surface area contributed by atoms with Crippen molar-refractivity contribution in [1.82, 2.24) is 14.3 Å². The van der Waals surface area contributed by atoms with E-state index in [9.17, 15) is 0 Å². The Morgan fingerprint density at radius 1 is 1.17 bits per heavy atom. The lowest BCUT2D eigenvalue weighted by molar-refractivity contribution is 0.136. The molecule has 4 unspecified atom stereocenters. The monoisotopic (exact) mass is 379 g/mol. The summed E-state index contributed by atoms with van der Waals surface area (Å²) in [5.74, 6) is -0.765. The van der Waals surface area contributed by atoms with Gasteiger partial charge in [0.25, 0.3) is 0 Å². The van der Waals surface area contributed by atoms with Gasteiger partial charge >= 0.3 is 0 Å². The van der Waals surface area contributed by atoms with Crippen LogP contribution in [-0.2, 0) is 0 Å². The first-order valence-electron chi connectivity index (χ1n) is 6.75. The SMILES string of the molecule is NC(CC(N)(N)N)C(N)(N)P1NPNPN1Oc1ccccc1. The van der Waals surface area contributed by atoms with Crippen LogP contribution in [0.4, 0.5) is 0 Å². The molecule has 0 amide bonds. The van der Waals surface area contributed by atoms with E-state index >= 15 is 0 Å². The maximum atomic E-state index is 6.30. The predicted octanol–water partition coefficient (Wildman–Crippen LogP) is -1.38. The first-order valence-corrected chi connectivity index (χ1v) is 9.99. The molecule has 1 aliphatic rings. The number of benzene rings is 1. The van der Waals surface area contributed by atoms with Crippen molar-refractivity contribution >= 4 is 26.0 Å². The zero-order valence-electron chi connectivity index (χ0n) is 12.4. The Morgan fingerprint density at radius 2 is 1.83 bits per heavy atom. The molecule has 1 aromatic carbocycles. The average molecular weight is 379 g/mol. The lowest BCUT2D eigenvalue weighted by atomic mass is 10.1. The van der Waals surface area contributed by atoms with E-state index in [-0.39, 0.29) is 15.3 Å². The minimum Gasteiger partial charge on any atom is -0.396 e. The average Bonchev–Trinajstić information content (AvgIpc) is 2.47. The smallest absolute Gasteiger partial charge is 0.148 e. The second-order valence-electron chi connectivity index (χ2n) is 5.27. The van der Waals surface area contributed by atoms with E-state index in [1.54, 1.807) is 4.60 Å². The number of rotatable bonds is 6. The van der Waals surface area contributed by atoms with E-state index in [1.807, 2.05) is 30.3 Å². The van der Waals surface area contributed by atoms with Crippen molar-refractivity contribution in [1.29, 1.82) is 0 Å². The number of nitrogens with zero attached hydrogens (tertiary/aromatic N) is 1. The molecular formula is C10H24N9OP3. The van der Waals surface area contributed by atoms with Crippen molar-refractivity contribution in [2.24, 2.45) is 34.4 Å². The molecule has 1 saturated heterocycles. The molecule has 0 bridgehead atoms. The van der Waals surface area contributed by atoms with Crippen LogP contribution in [-0.4, -0.2) is 21.8 Å². The minimum absolute atomic E-state index is 0.0688. The summed E-state index contributed by atoms with van der Waals surface area (Å²) in [6, 6.07) is 8.63. The second kappa shape index (κ2) is 7.89. The highest BCUT2D eigenvalue weighted by atomic mass is 31.2. The summed E-state index contributed by atoms with van der Waals surface area (Å²) in [6.07, 6.45) is 0.0688. The molecule has 10 nitrogen and oxygen atoms in total. The fourth-order valence-corrected chi connectivity index (χ4v) is 7.61. The first kappa shape index (κ1) is 19.3. The van der Waals surface area contributed by atoms with Gasteiger partial charge in [0.1, 0.15) is 25.2 Å². The quantitative estimate of drug-likeness (QED) is 0.216. The summed E-state index contributed by atoms with van der Waals surface area (Å²) in [7, 11) is -0.831. The molecular weight excluding hydrogens is 355 g/mol. The fourth-order valence-electron chi connectivity index (χ4n) is 1.85. The van der Waals surface area contributed by atoms with Crippen LogP contribution in [0, 0.1) is 0 Å². The molecule has 0 aromatic heterocycles. The Bertz CT molecular complexity index is 500. The number of nitrogens with two attached hydrogens (primary N) is 6. The predicted molar refractivity (Wildman–Crippen MR) is 97.7 cm³/mol. The van der Waals surface area contributed by atoms with Gasteiger partial charge < -0.3 is 39.2 Å². The topological polar surface area (TPSA) is 193 Å². The summed E-state index contributed by atoms with van der Waals surface area (Å²) in [5.41, 5.74) is 35.6. The van der Waals surface area contributed by atoms with Gasteiger partial charge in [-0.3, -0.25) is 4.86 Å². The first-order chi connectivity index (χ1) is 10.7. The third-order valence-electron chi connectivity index (χ3n) is 3.03. The number of nitrogens with one attached hydrogen (secondary N) is 2. The van der Waals surface area contributed by atoms with Gasteiger partial charge in [-0.2, -0.15) is 0 Å². The molecule has 1 aliphatic heterocycles. The zero-order valence-corrected chi connectivity index (χ0v) is 15.3. The van der Waals surface area contributed by atoms with Crippen LogP contribution >= 0.6 is 26.0 Å². The van der Waals surface area contributed by atoms with Crippen LogP contribution in [0.2, 0.25) is 0 Å². The Morgan fingerprint density at radius 3 is 2.43 bits per heavy atom. The molecule has 1 heterocycles. The molecule has 0 saturated carbocycles. The number of hydrogen-bond donors (Lipinski definition) is 8. The van der Waals surface area contributed by atoms with Crippen molar-refractivity contribution in [3.05, 3.63) is 30.3 Å². The van der Waals surface area contributed by atoms with Crippen LogP contribution in [0.1, 0.15) is 6.42 Å². The Labute approximate surface area is 140 Å². The molecule has 0 spiro atoms. The largest absolute Gasteiger partial charge is 0.396 e. The zero-order chi connectivity index (χ0) is 17.1. The van der Waals surface area contributed by atoms with E-state index in [0.717, 1.165) is 0 Å².